The van der Waals surface area contributed by atoms with Crippen LogP contribution in [0.25, 0.3) is 0 Å². The van der Waals surface area contributed by atoms with Crippen LogP contribution in [0.1, 0.15) is 12.8 Å². The molecule has 0 aromatic rings. The van der Waals surface area contributed by atoms with E-state index in [9.17, 15) is 0 Å². The number of nitrogens with one attached hydrogen (secondary N) is 1. The lowest BCUT2D eigenvalue weighted by atomic mass is 10.3. The highest BCUT2D eigenvalue weighted by Gasteiger charge is 2.26. The van der Waals surface area contributed by atoms with E-state index < -0.39 is 15.1 Å². The molecule has 0 unspecified atom stereocenters. The van der Waals surface area contributed by atoms with Gasteiger partial charge in [0.05, 0.1) is 0 Å². The maximum absolute atomic E-state index is 5.39. The van der Waals surface area contributed by atoms with Crippen LogP contribution in [0, 0.1) is 0 Å². The predicted molar refractivity (Wildman–Crippen MR) is 56.9 cm³/mol. The van der Waals surface area contributed by atoms with Crippen LogP contribution in [-0.2, 0) is 11.4 Å². The van der Waals surface area contributed by atoms with Gasteiger partial charge in [0.25, 0.3) is 0 Å². The quantitative estimate of drug-likeness (QED) is 0.388. The number of nitrogens with two attached hydrogens (primary N) is 1. The Kier molecular flexibility index (Phi) is 11.7. The standard InChI is InChI=1S/C6H15N2O.2CH3O.Al/c7-3-5-8-4-1-2-6-9;2*1-2;/h8H,1-7H2;2*1H3;/q3*-1;+3. The summed E-state index contributed by atoms with van der Waals surface area (Å²) in [5.41, 5.74) is 5.33. The number of hydrogen-bond donors (Lipinski definition) is 2. The molecule has 0 bridgehead atoms. The molecule has 3 N–H and O–H groups in total. The first-order chi connectivity index (χ1) is 6.85. The Morgan fingerprint density at radius 2 is 1.86 bits per heavy atom. The van der Waals surface area contributed by atoms with Gasteiger partial charge in [-0.1, -0.05) is 0 Å². The lowest BCUT2D eigenvalue weighted by Crippen LogP contribution is -2.25. The Morgan fingerprint density at radius 1 is 1.14 bits per heavy atom. The fraction of sp³-hybridized carbons (Fsp3) is 1.00. The molecule has 0 amide bonds. The SMILES string of the molecule is C[O][Al]([O]C)[O]CCCCNCCN. The second-order valence-electron chi connectivity index (χ2n) is 2.88. The minimum atomic E-state index is -1.80. The molecule has 0 atom stereocenters. The van der Waals surface area contributed by atoms with E-state index >= 15 is 0 Å². The highest BCUT2D eigenvalue weighted by molar-refractivity contribution is 6.36. The van der Waals surface area contributed by atoms with E-state index in [-0.39, 0.29) is 0 Å². The zero-order valence-electron chi connectivity index (χ0n) is 9.12. The van der Waals surface area contributed by atoms with E-state index in [0.717, 1.165) is 25.9 Å². The molecule has 0 spiro atoms. The smallest absolute Gasteiger partial charge is 0.457 e. The van der Waals surface area contributed by atoms with Crippen molar-refractivity contribution in [3.05, 3.63) is 0 Å². The molecule has 5 nitrogen and oxygen atoms in total. The summed E-state index contributed by atoms with van der Waals surface area (Å²) in [6.45, 7) is 3.28. The minimum Gasteiger partial charge on any atom is -0.457 e. The van der Waals surface area contributed by atoms with E-state index in [2.05, 4.69) is 5.32 Å². The van der Waals surface area contributed by atoms with Gasteiger partial charge in [0.15, 0.2) is 0 Å². The second kappa shape index (κ2) is 11.4. The van der Waals surface area contributed by atoms with Crippen molar-refractivity contribution in [1.82, 2.24) is 5.32 Å². The van der Waals surface area contributed by atoms with E-state index in [4.69, 9.17) is 17.1 Å². The third-order valence-corrected chi connectivity index (χ3v) is 2.99. The molecule has 0 fully saturated rings. The lowest BCUT2D eigenvalue weighted by molar-refractivity contribution is 0.133. The number of rotatable bonds is 10. The molecule has 6 heteroatoms. The fourth-order valence-corrected chi connectivity index (χ4v) is 1.81. The Balaban J connectivity index is 3.04. The molecule has 0 radical (unpaired) electrons. The summed E-state index contributed by atoms with van der Waals surface area (Å²) in [7, 11) is 3.23. The summed E-state index contributed by atoms with van der Waals surface area (Å²) in [6.07, 6.45) is 2.11. The molecule has 0 saturated carbocycles. The topological polar surface area (TPSA) is 65.7 Å². The van der Waals surface area contributed by atoms with Crippen LogP contribution in [0.5, 0.6) is 0 Å². The molecule has 0 aromatic carbocycles. The first-order valence-electron chi connectivity index (χ1n) is 4.93. The van der Waals surface area contributed by atoms with E-state index in [0.29, 0.717) is 13.2 Å². The zero-order chi connectivity index (χ0) is 10.6. The van der Waals surface area contributed by atoms with Crippen molar-refractivity contribution in [1.29, 1.82) is 0 Å². The largest absolute Gasteiger partial charge is 0.905 e. The van der Waals surface area contributed by atoms with Crippen molar-refractivity contribution in [3.8, 4) is 0 Å². The maximum atomic E-state index is 5.39. The van der Waals surface area contributed by atoms with Gasteiger partial charge in [-0.15, -0.1) is 0 Å². The van der Waals surface area contributed by atoms with E-state index in [1.807, 2.05) is 0 Å². The third kappa shape index (κ3) is 8.91. The average molecular weight is 220 g/mol. The van der Waals surface area contributed by atoms with Crippen molar-refractivity contribution in [3.63, 3.8) is 0 Å². The van der Waals surface area contributed by atoms with Crippen LogP contribution < -0.4 is 11.1 Å². The van der Waals surface area contributed by atoms with Gasteiger partial charge in [0.1, 0.15) is 0 Å². The van der Waals surface area contributed by atoms with Crippen LogP contribution in [-0.4, -0.2) is 55.6 Å². The maximum Gasteiger partial charge on any atom is 0.905 e. The minimum absolute atomic E-state index is 0.693. The van der Waals surface area contributed by atoms with E-state index in [1.165, 1.54) is 0 Å². The summed E-state index contributed by atoms with van der Waals surface area (Å²) in [5.74, 6) is 0. The monoisotopic (exact) mass is 220 g/mol. The summed E-state index contributed by atoms with van der Waals surface area (Å²) in [4.78, 5) is 0. The molecule has 0 rings (SSSR count). The zero-order valence-corrected chi connectivity index (χ0v) is 10.3. The van der Waals surface area contributed by atoms with Crippen LogP contribution >= 0.6 is 0 Å². The van der Waals surface area contributed by atoms with Crippen LogP contribution in [0.3, 0.4) is 0 Å². The Bertz CT molecular complexity index is 115. The first kappa shape index (κ1) is 14.3. The highest BCUT2D eigenvalue weighted by Crippen LogP contribution is 1.93. The molecular weight excluding hydrogens is 199 g/mol. The van der Waals surface area contributed by atoms with Crippen LogP contribution in [0.4, 0.5) is 0 Å². The van der Waals surface area contributed by atoms with E-state index in [1.54, 1.807) is 14.2 Å². The number of unbranched alkanes of at least 4 members (excludes halogenated alkanes) is 1. The molecule has 0 aromatic heterocycles. The van der Waals surface area contributed by atoms with Gasteiger partial charge in [-0.25, -0.2) is 0 Å². The Morgan fingerprint density at radius 3 is 2.43 bits per heavy atom. The molecule has 14 heavy (non-hydrogen) atoms. The molecule has 0 saturated heterocycles. The summed E-state index contributed by atoms with van der Waals surface area (Å²) >= 11 is -1.80. The van der Waals surface area contributed by atoms with Crippen molar-refractivity contribution >= 4 is 15.1 Å². The molecular formula is C8H21AlN2O3. The number of hydrogen-bond acceptors (Lipinski definition) is 5. The molecule has 0 heterocycles. The van der Waals surface area contributed by atoms with Gasteiger partial charge >= 0.3 is 15.1 Å². The highest BCUT2D eigenvalue weighted by atomic mass is 27.3. The summed E-state index contributed by atoms with van der Waals surface area (Å²) in [6, 6.07) is 0. The van der Waals surface area contributed by atoms with Gasteiger partial charge in [-0.2, -0.15) is 0 Å². The Labute approximate surface area is 91.3 Å². The van der Waals surface area contributed by atoms with Gasteiger partial charge in [0, 0.05) is 33.9 Å². The Hall–Kier alpha value is 0.332. The summed E-state index contributed by atoms with van der Waals surface area (Å²) < 4.78 is 15.4. The van der Waals surface area contributed by atoms with Gasteiger partial charge in [0.2, 0.25) is 0 Å². The predicted octanol–water partition coefficient (Wildman–Crippen LogP) is -0.391. The van der Waals surface area contributed by atoms with Crippen molar-refractivity contribution in [2.75, 3.05) is 40.5 Å². The fourth-order valence-electron chi connectivity index (χ4n) is 0.991. The summed E-state index contributed by atoms with van der Waals surface area (Å²) in [5, 5.41) is 3.22. The van der Waals surface area contributed by atoms with Crippen LogP contribution in [0.15, 0.2) is 0 Å². The van der Waals surface area contributed by atoms with Gasteiger partial charge in [-0.05, 0) is 19.4 Å². The lowest BCUT2D eigenvalue weighted by Gasteiger charge is -2.08. The average Bonchev–Trinajstić information content (AvgIpc) is 2.22. The van der Waals surface area contributed by atoms with Gasteiger partial charge in [-0.3, -0.25) is 0 Å². The molecule has 0 aliphatic carbocycles. The third-order valence-electron chi connectivity index (χ3n) is 1.71. The molecule has 0 aliphatic heterocycles. The van der Waals surface area contributed by atoms with Crippen molar-refractivity contribution < 1.29 is 11.4 Å². The second-order valence-corrected chi connectivity index (χ2v) is 4.73. The molecule has 0 aliphatic rings. The first-order valence-corrected chi connectivity index (χ1v) is 6.34. The van der Waals surface area contributed by atoms with Crippen LogP contribution in [0.2, 0.25) is 0 Å². The van der Waals surface area contributed by atoms with Crippen molar-refractivity contribution in [2.45, 2.75) is 12.8 Å². The molecule has 84 valence electrons. The van der Waals surface area contributed by atoms with Gasteiger partial charge < -0.3 is 22.4 Å². The van der Waals surface area contributed by atoms with Crippen molar-refractivity contribution in [2.24, 2.45) is 5.73 Å². The normalized spacial score (nSPS) is 10.5.